The standard InChI is InChI=1S/C27H38N6O4S3/c1-14-19(25-32-21-18(39-25)8-9-28-20(21)15-6-7-15)24(33-26(30-14)29-10-11-38-27(2,3)4)31-17-12-16(13-40(5,36)37)22(34)23(17)35/h8-9,15-17,22-23,34-35H,6-7,10-13H2,1-5H3,(H2,29,30,31,33)/t16-,17-,22-,23+/m1/s1. The number of nitrogens with one attached hydrogen (secondary N) is 2. The van der Waals surface area contributed by atoms with Crippen LogP contribution in [0.25, 0.3) is 20.8 Å². The molecule has 3 aromatic heterocycles. The predicted molar refractivity (Wildman–Crippen MR) is 163 cm³/mol. The molecule has 2 saturated carbocycles. The Morgan fingerprint density at radius 3 is 2.58 bits per heavy atom. The van der Waals surface area contributed by atoms with Crippen LogP contribution in [0.5, 0.6) is 0 Å². The van der Waals surface area contributed by atoms with Gasteiger partial charge in [-0.1, -0.05) is 20.8 Å². The fourth-order valence-corrected chi connectivity index (χ4v) is 8.16. The summed E-state index contributed by atoms with van der Waals surface area (Å²) < 4.78 is 25.1. The van der Waals surface area contributed by atoms with Crippen molar-refractivity contribution in [2.24, 2.45) is 5.92 Å². The summed E-state index contributed by atoms with van der Waals surface area (Å²) in [6, 6.07) is 1.39. The predicted octanol–water partition coefficient (Wildman–Crippen LogP) is 3.84. The quantitative estimate of drug-likeness (QED) is 0.249. The maximum Gasteiger partial charge on any atom is 0.224 e. The lowest BCUT2D eigenvalue weighted by atomic mass is 10.1. The largest absolute Gasteiger partial charge is 0.390 e. The molecule has 0 saturated heterocycles. The fourth-order valence-electron chi connectivity index (χ4n) is 5.17. The van der Waals surface area contributed by atoms with E-state index < -0.39 is 34.0 Å². The van der Waals surface area contributed by atoms with E-state index in [0.29, 0.717) is 30.6 Å². The third kappa shape index (κ3) is 6.87. The number of aliphatic hydroxyl groups excluding tert-OH is 2. The van der Waals surface area contributed by atoms with Crippen LogP contribution in [0.1, 0.15) is 57.3 Å². The molecule has 5 rings (SSSR count). The molecule has 0 aliphatic heterocycles. The number of thioether (sulfide) groups is 1. The van der Waals surface area contributed by atoms with Crippen LogP contribution in [0.2, 0.25) is 0 Å². The molecule has 2 aliphatic rings. The maximum absolute atomic E-state index is 11.9. The second kappa shape index (κ2) is 11.3. The van der Waals surface area contributed by atoms with E-state index in [1.165, 1.54) is 0 Å². The molecule has 4 atom stereocenters. The molecule has 3 heterocycles. The van der Waals surface area contributed by atoms with Crippen LogP contribution in [0, 0.1) is 12.8 Å². The Morgan fingerprint density at radius 1 is 1.15 bits per heavy atom. The molecule has 2 fully saturated rings. The van der Waals surface area contributed by atoms with E-state index in [1.54, 1.807) is 11.3 Å². The van der Waals surface area contributed by atoms with Crippen molar-refractivity contribution < 1.29 is 18.6 Å². The highest BCUT2D eigenvalue weighted by Gasteiger charge is 2.43. The van der Waals surface area contributed by atoms with E-state index in [9.17, 15) is 18.6 Å². The molecule has 3 aromatic rings. The summed E-state index contributed by atoms with van der Waals surface area (Å²) in [5.41, 5.74) is 3.39. The first-order valence-electron chi connectivity index (χ1n) is 13.6. The van der Waals surface area contributed by atoms with Gasteiger partial charge in [0, 0.05) is 41.3 Å². The van der Waals surface area contributed by atoms with Crippen molar-refractivity contribution >= 4 is 54.9 Å². The van der Waals surface area contributed by atoms with Gasteiger partial charge < -0.3 is 20.8 Å². The number of sulfone groups is 1. The topological polar surface area (TPSA) is 150 Å². The second-order valence-corrected chi connectivity index (χ2v) is 17.0. The summed E-state index contributed by atoms with van der Waals surface area (Å²) in [5, 5.41) is 28.9. The lowest BCUT2D eigenvalue weighted by Crippen LogP contribution is -2.36. The van der Waals surface area contributed by atoms with Gasteiger partial charge in [-0.25, -0.2) is 18.4 Å². The minimum absolute atomic E-state index is 0.151. The minimum atomic E-state index is -3.32. The van der Waals surface area contributed by atoms with E-state index >= 15 is 0 Å². The van der Waals surface area contributed by atoms with Gasteiger partial charge in [0.15, 0.2) is 0 Å². The average molecular weight is 607 g/mol. The second-order valence-electron chi connectivity index (χ2n) is 11.9. The number of hydrogen-bond acceptors (Lipinski definition) is 12. The highest BCUT2D eigenvalue weighted by molar-refractivity contribution is 8.00. The third-order valence-electron chi connectivity index (χ3n) is 7.16. The third-order valence-corrected chi connectivity index (χ3v) is 10.5. The van der Waals surface area contributed by atoms with Gasteiger partial charge in [0.1, 0.15) is 32.3 Å². The maximum atomic E-state index is 11.9. The van der Waals surface area contributed by atoms with E-state index in [0.717, 1.165) is 57.0 Å². The van der Waals surface area contributed by atoms with Gasteiger partial charge in [0.2, 0.25) is 5.95 Å². The van der Waals surface area contributed by atoms with Crippen LogP contribution >= 0.6 is 23.1 Å². The molecule has 0 amide bonds. The van der Waals surface area contributed by atoms with Gasteiger partial charge in [-0.05, 0) is 32.3 Å². The average Bonchev–Trinajstić information content (AvgIpc) is 3.55. The van der Waals surface area contributed by atoms with Crippen molar-refractivity contribution in [1.29, 1.82) is 0 Å². The zero-order valence-electron chi connectivity index (χ0n) is 23.5. The fraction of sp³-hybridized carbons (Fsp3) is 0.630. The number of rotatable bonds is 10. The SMILES string of the molecule is Cc1nc(NCCSC(C)(C)C)nc(N[C@@H]2C[C@H](CS(C)(=O)=O)[C@@H](O)[C@H]2O)c1-c1nc2c(C3CC3)nccc2s1. The molecule has 0 radical (unpaired) electrons. The first-order valence-corrected chi connectivity index (χ1v) is 17.5. The van der Waals surface area contributed by atoms with Crippen LogP contribution in [0.15, 0.2) is 12.3 Å². The molecule has 0 aromatic carbocycles. The normalized spacial score (nSPS) is 23.6. The number of hydrogen-bond donors (Lipinski definition) is 4. The smallest absolute Gasteiger partial charge is 0.224 e. The molecule has 0 unspecified atom stereocenters. The Kier molecular flexibility index (Phi) is 8.33. The Bertz CT molecular complexity index is 1490. The van der Waals surface area contributed by atoms with Crippen LogP contribution in [0.3, 0.4) is 0 Å². The molecule has 218 valence electrons. The lowest BCUT2D eigenvalue weighted by Gasteiger charge is -2.21. The molecular formula is C27H38N6O4S3. The van der Waals surface area contributed by atoms with Crippen molar-refractivity contribution in [2.75, 3.05) is 34.9 Å². The van der Waals surface area contributed by atoms with Gasteiger partial charge in [-0.2, -0.15) is 16.7 Å². The number of fused-ring (bicyclic) bond motifs is 1. The number of pyridine rings is 1. The molecule has 10 nitrogen and oxygen atoms in total. The molecule has 0 spiro atoms. The Hall–Kier alpha value is -2.06. The van der Waals surface area contributed by atoms with Crippen LogP contribution < -0.4 is 10.6 Å². The number of aromatic nitrogens is 4. The van der Waals surface area contributed by atoms with Crippen molar-refractivity contribution in [3.8, 4) is 10.6 Å². The van der Waals surface area contributed by atoms with Crippen molar-refractivity contribution in [1.82, 2.24) is 19.9 Å². The van der Waals surface area contributed by atoms with Gasteiger partial charge >= 0.3 is 0 Å². The van der Waals surface area contributed by atoms with Crippen LogP contribution in [0.4, 0.5) is 11.8 Å². The van der Waals surface area contributed by atoms with Gasteiger partial charge in [0.05, 0.1) is 39.5 Å². The van der Waals surface area contributed by atoms with E-state index in [-0.39, 0.29) is 10.5 Å². The molecule has 13 heteroatoms. The first-order chi connectivity index (χ1) is 18.8. The number of aliphatic hydroxyl groups is 2. The monoisotopic (exact) mass is 606 g/mol. The highest BCUT2D eigenvalue weighted by atomic mass is 32.2. The number of thiazole rings is 1. The Labute approximate surface area is 243 Å². The zero-order chi connectivity index (χ0) is 28.8. The summed E-state index contributed by atoms with van der Waals surface area (Å²) in [6.07, 6.45) is 3.22. The molecular weight excluding hydrogens is 569 g/mol. The van der Waals surface area contributed by atoms with Crippen molar-refractivity contribution in [2.45, 2.75) is 75.9 Å². The van der Waals surface area contributed by atoms with Gasteiger partial charge in [-0.3, -0.25) is 4.98 Å². The number of anilines is 2. The summed E-state index contributed by atoms with van der Waals surface area (Å²) in [5.74, 6) is 1.52. The van der Waals surface area contributed by atoms with Gasteiger partial charge in [-0.15, -0.1) is 11.3 Å². The van der Waals surface area contributed by atoms with E-state index in [2.05, 4.69) is 36.4 Å². The Balaban J connectivity index is 1.48. The lowest BCUT2D eigenvalue weighted by molar-refractivity contribution is 0.0216. The summed E-state index contributed by atoms with van der Waals surface area (Å²) in [6.45, 7) is 9.12. The van der Waals surface area contributed by atoms with Gasteiger partial charge in [0.25, 0.3) is 0 Å². The van der Waals surface area contributed by atoms with E-state index in [4.69, 9.17) is 15.0 Å². The van der Waals surface area contributed by atoms with E-state index in [1.807, 2.05) is 30.9 Å². The number of aryl methyl sites for hydroxylation is 1. The van der Waals surface area contributed by atoms with Crippen molar-refractivity contribution in [3.63, 3.8) is 0 Å². The zero-order valence-corrected chi connectivity index (χ0v) is 26.0. The first kappa shape index (κ1) is 29.4. The summed E-state index contributed by atoms with van der Waals surface area (Å²) in [4.78, 5) is 19.1. The molecule has 40 heavy (non-hydrogen) atoms. The van der Waals surface area contributed by atoms with Crippen molar-refractivity contribution in [3.05, 3.63) is 23.7 Å². The molecule has 0 bridgehead atoms. The minimum Gasteiger partial charge on any atom is -0.390 e. The highest BCUT2D eigenvalue weighted by Crippen LogP contribution is 2.44. The summed E-state index contributed by atoms with van der Waals surface area (Å²) in [7, 11) is -3.32. The summed E-state index contributed by atoms with van der Waals surface area (Å²) >= 11 is 3.40. The van der Waals surface area contributed by atoms with Crippen LogP contribution in [-0.2, 0) is 9.84 Å². The molecule has 2 aliphatic carbocycles. The van der Waals surface area contributed by atoms with Crippen LogP contribution in [-0.4, -0.2) is 85.9 Å². The Morgan fingerprint density at radius 2 is 1.90 bits per heavy atom. The number of nitrogens with zero attached hydrogens (tertiary/aromatic N) is 4. The molecule has 4 N–H and O–H groups in total.